The molecule has 5 heteroatoms. The second-order valence-electron chi connectivity index (χ2n) is 8.42. The number of hydrogen-bond donors (Lipinski definition) is 0. The first-order chi connectivity index (χ1) is 14.0. The Morgan fingerprint density at radius 2 is 1.62 bits per heavy atom. The van der Waals surface area contributed by atoms with Crippen LogP contribution in [0, 0.1) is 17.8 Å². The predicted molar refractivity (Wildman–Crippen MR) is 113 cm³/mol. The fourth-order valence-electron chi connectivity index (χ4n) is 4.31. The van der Waals surface area contributed by atoms with Gasteiger partial charge in [0, 0.05) is 18.8 Å². The minimum absolute atomic E-state index is 0.0709. The zero-order chi connectivity index (χ0) is 21.2. The molecule has 2 atom stereocenters. The zero-order valence-electron chi connectivity index (χ0n) is 18.4. The normalized spacial score (nSPS) is 30.4. The Labute approximate surface area is 175 Å². The molecule has 3 nitrogen and oxygen atoms in total. The highest BCUT2D eigenvalue weighted by Crippen LogP contribution is 2.38. The molecule has 1 saturated carbocycles. The lowest BCUT2D eigenvalue weighted by Gasteiger charge is -2.37. The molecule has 0 amide bonds. The topological polar surface area (TPSA) is 27.7 Å². The maximum absolute atomic E-state index is 14.0. The van der Waals surface area contributed by atoms with Gasteiger partial charge in [0.15, 0.2) is 11.7 Å². The third kappa shape index (κ3) is 6.84. The zero-order valence-corrected chi connectivity index (χ0v) is 18.4. The second kappa shape index (κ2) is 12.4. The van der Waals surface area contributed by atoms with Crippen LogP contribution in [0.3, 0.4) is 0 Å². The number of halogens is 2. The van der Waals surface area contributed by atoms with Gasteiger partial charge in [-0.05, 0) is 50.4 Å². The van der Waals surface area contributed by atoms with E-state index < -0.39 is 11.7 Å². The highest BCUT2D eigenvalue weighted by Gasteiger charge is 2.32. The number of ether oxygens (including phenoxy) is 3. The van der Waals surface area contributed by atoms with Crippen LogP contribution in [0.15, 0.2) is 35.8 Å². The lowest BCUT2D eigenvalue weighted by molar-refractivity contribution is -0.0513. The van der Waals surface area contributed by atoms with E-state index >= 15 is 0 Å². The summed E-state index contributed by atoms with van der Waals surface area (Å²) >= 11 is 0. The number of rotatable bonds is 6. The van der Waals surface area contributed by atoms with Crippen molar-refractivity contribution >= 4 is 0 Å². The molecule has 0 aromatic heterocycles. The highest BCUT2D eigenvalue weighted by molar-refractivity contribution is 5.29. The molecule has 0 bridgehead atoms. The molecule has 0 N–H and O–H groups in total. The first kappa shape index (κ1) is 23.9. The van der Waals surface area contributed by atoms with Crippen LogP contribution < -0.4 is 0 Å². The number of allylic oxidation sites excluding steroid dienone is 4. The Morgan fingerprint density at radius 1 is 1.00 bits per heavy atom. The molecule has 3 aliphatic rings. The van der Waals surface area contributed by atoms with Gasteiger partial charge in [-0.15, -0.1) is 6.58 Å². The van der Waals surface area contributed by atoms with Crippen molar-refractivity contribution < 1.29 is 23.0 Å². The van der Waals surface area contributed by atoms with Gasteiger partial charge in [-0.3, -0.25) is 0 Å². The van der Waals surface area contributed by atoms with E-state index in [0.29, 0.717) is 43.3 Å². The van der Waals surface area contributed by atoms with Gasteiger partial charge in [0.1, 0.15) is 11.5 Å². The average Bonchev–Trinajstić information content (AvgIpc) is 2.76. The van der Waals surface area contributed by atoms with Crippen LogP contribution >= 0.6 is 0 Å². The van der Waals surface area contributed by atoms with E-state index in [1.165, 1.54) is 20.0 Å². The Hall–Kier alpha value is -1.36. The lowest BCUT2D eigenvalue weighted by atomic mass is 9.77. The van der Waals surface area contributed by atoms with Gasteiger partial charge in [-0.1, -0.05) is 26.3 Å². The minimum atomic E-state index is -0.912. The van der Waals surface area contributed by atoms with E-state index in [0.717, 1.165) is 38.7 Å². The summed E-state index contributed by atoms with van der Waals surface area (Å²) in [5.41, 5.74) is 0. The summed E-state index contributed by atoms with van der Waals surface area (Å²) in [5, 5.41) is 0. The Balaban J connectivity index is 0.000000941. The van der Waals surface area contributed by atoms with Gasteiger partial charge >= 0.3 is 0 Å². The number of hydrogen-bond acceptors (Lipinski definition) is 3. The summed E-state index contributed by atoms with van der Waals surface area (Å²) < 4.78 is 44.3. The molecule has 2 unspecified atom stereocenters. The van der Waals surface area contributed by atoms with Crippen molar-refractivity contribution in [3.05, 3.63) is 35.8 Å². The average molecular weight is 413 g/mol. The molecule has 2 fully saturated rings. The van der Waals surface area contributed by atoms with Gasteiger partial charge in [-0.2, -0.15) is 8.78 Å². The third-order valence-corrected chi connectivity index (χ3v) is 6.10. The maximum atomic E-state index is 14.0. The summed E-state index contributed by atoms with van der Waals surface area (Å²) in [5.74, 6) is -0.0705. The van der Waals surface area contributed by atoms with Gasteiger partial charge < -0.3 is 14.2 Å². The van der Waals surface area contributed by atoms with Crippen LogP contribution in [0.2, 0.25) is 0 Å². The summed E-state index contributed by atoms with van der Waals surface area (Å²) in [7, 11) is 1.36. The van der Waals surface area contributed by atoms with Crippen LogP contribution in [0.25, 0.3) is 0 Å². The largest absolute Gasteiger partial charge is 0.498 e. The molecule has 29 heavy (non-hydrogen) atoms. The van der Waals surface area contributed by atoms with Crippen molar-refractivity contribution in [2.45, 2.75) is 77.7 Å². The summed E-state index contributed by atoms with van der Waals surface area (Å²) in [6.45, 7) is 9.37. The quantitative estimate of drug-likeness (QED) is 0.439. The van der Waals surface area contributed by atoms with Crippen LogP contribution in [-0.4, -0.2) is 26.4 Å². The van der Waals surface area contributed by atoms with E-state index in [-0.39, 0.29) is 11.5 Å². The highest BCUT2D eigenvalue weighted by atomic mass is 19.2. The van der Waals surface area contributed by atoms with Crippen LogP contribution in [0.5, 0.6) is 0 Å². The van der Waals surface area contributed by atoms with Crippen molar-refractivity contribution in [1.29, 1.82) is 0 Å². The van der Waals surface area contributed by atoms with Crippen molar-refractivity contribution in [3.63, 3.8) is 0 Å². The fraction of sp³-hybridized carbons (Fsp3) is 0.750. The van der Waals surface area contributed by atoms with Gasteiger partial charge in [0.2, 0.25) is 0 Å². The van der Waals surface area contributed by atoms with E-state index in [2.05, 4.69) is 20.4 Å². The first-order valence-corrected chi connectivity index (χ1v) is 11.2. The number of methoxy groups -OCH3 is 1. The molecule has 1 saturated heterocycles. The fourth-order valence-corrected chi connectivity index (χ4v) is 4.31. The Bertz CT molecular complexity index is 569. The van der Waals surface area contributed by atoms with E-state index in [4.69, 9.17) is 14.2 Å². The van der Waals surface area contributed by atoms with Crippen molar-refractivity contribution in [2.75, 3.05) is 20.3 Å². The molecular weight excluding hydrogens is 374 g/mol. The monoisotopic (exact) mass is 412 g/mol. The van der Waals surface area contributed by atoms with Crippen LogP contribution in [0.1, 0.15) is 71.6 Å². The molecule has 0 aromatic carbocycles. The predicted octanol–water partition coefficient (Wildman–Crippen LogP) is 7.01. The molecule has 0 spiro atoms. The third-order valence-electron chi connectivity index (χ3n) is 6.10. The molecule has 0 aromatic rings. The maximum Gasteiger partial charge on any atom is 0.199 e. The molecule has 0 radical (unpaired) electrons. The Kier molecular flexibility index (Phi) is 10.2. The summed E-state index contributed by atoms with van der Waals surface area (Å²) in [6.07, 6.45) is 11.0. The molecular formula is C24H38F2O3. The van der Waals surface area contributed by atoms with Gasteiger partial charge in [-0.25, -0.2) is 0 Å². The molecule has 3 rings (SSSR count). The van der Waals surface area contributed by atoms with Crippen molar-refractivity contribution in [2.24, 2.45) is 17.8 Å². The lowest BCUT2D eigenvalue weighted by Crippen LogP contribution is -2.34. The molecule has 1 heterocycles. The SMILES string of the molecule is C=CC1CCC(C2CCC(COC3=C(F)C(F)=C(OC)CC3)CC2)OC1.CCC. The van der Waals surface area contributed by atoms with E-state index in [9.17, 15) is 8.78 Å². The van der Waals surface area contributed by atoms with E-state index in [1.54, 1.807) is 0 Å². The molecule has 1 aliphatic heterocycles. The molecule has 166 valence electrons. The van der Waals surface area contributed by atoms with Gasteiger partial charge in [0.05, 0.1) is 26.4 Å². The van der Waals surface area contributed by atoms with Crippen molar-refractivity contribution in [1.82, 2.24) is 0 Å². The Morgan fingerprint density at radius 3 is 2.17 bits per heavy atom. The summed E-state index contributed by atoms with van der Waals surface area (Å²) in [4.78, 5) is 0. The second-order valence-corrected chi connectivity index (χ2v) is 8.42. The van der Waals surface area contributed by atoms with Gasteiger partial charge in [0.25, 0.3) is 0 Å². The smallest absolute Gasteiger partial charge is 0.199 e. The van der Waals surface area contributed by atoms with Crippen LogP contribution in [-0.2, 0) is 14.2 Å². The van der Waals surface area contributed by atoms with Crippen molar-refractivity contribution in [3.8, 4) is 0 Å². The standard InChI is InChI=1S/C21H30F2O3.C3H8/c1-3-14-6-9-17(25-12-14)16-7-4-15(5-8-16)13-26-19-11-10-18(24-2)20(22)21(19)23;1-3-2/h3,14-17H,1,4-13H2,2H3;3H2,1-2H3. The van der Waals surface area contributed by atoms with Crippen LogP contribution in [0.4, 0.5) is 8.78 Å². The van der Waals surface area contributed by atoms with E-state index in [1.807, 2.05) is 6.08 Å². The molecule has 2 aliphatic carbocycles. The minimum Gasteiger partial charge on any atom is -0.498 e. The summed E-state index contributed by atoms with van der Waals surface area (Å²) in [6, 6.07) is 0. The first-order valence-electron chi connectivity index (χ1n) is 11.2.